The highest BCUT2D eigenvalue weighted by Gasteiger charge is 2.44. The summed E-state index contributed by atoms with van der Waals surface area (Å²) in [4.78, 5) is 12.5. The van der Waals surface area contributed by atoms with Gasteiger partial charge in [-0.2, -0.15) is 0 Å². The Labute approximate surface area is 137 Å². The van der Waals surface area contributed by atoms with Crippen molar-refractivity contribution in [2.45, 2.75) is 63.7 Å². The predicted molar refractivity (Wildman–Crippen MR) is 91.2 cm³/mol. The molecule has 0 amide bonds. The van der Waals surface area contributed by atoms with Gasteiger partial charge in [0.15, 0.2) is 0 Å². The normalized spacial score (nSPS) is 19.0. The highest BCUT2D eigenvalue weighted by Crippen LogP contribution is 2.38. The third-order valence-corrected chi connectivity index (χ3v) is 11.1. The van der Waals surface area contributed by atoms with Crippen LogP contribution in [0.5, 0.6) is 0 Å². The van der Waals surface area contributed by atoms with Gasteiger partial charge in [0.25, 0.3) is 14.3 Å². The molecule has 130 valence electrons. The van der Waals surface area contributed by atoms with E-state index in [1.165, 1.54) is 32.1 Å². The zero-order valence-corrected chi connectivity index (χ0v) is 16.9. The Balaban J connectivity index is 2.62. The first kappa shape index (κ1) is 19.8. The van der Waals surface area contributed by atoms with E-state index >= 15 is 0 Å². The summed E-state index contributed by atoms with van der Waals surface area (Å²) in [6, 6.07) is 0.449. The lowest BCUT2D eigenvalue weighted by Gasteiger charge is -2.35. The Morgan fingerprint density at radius 2 is 1.55 bits per heavy atom. The van der Waals surface area contributed by atoms with E-state index in [1.807, 2.05) is 6.92 Å². The van der Waals surface area contributed by atoms with Gasteiger partial charge in [0.1, 0.15) is 0 Å². The standard InChI is InChI=1S/C15H32O5Si2/c1-13(12-22(17-2,18-3)19-4)15(16)20-21(5,6)14-10-8-7-9-11-14/h13-14H,7-12H2,1-6H3. The maximum absolute atomic E-state index is 12.5. The minimum absolute atomic E-state index is 0.134. The maximum atomic E-state index is 12.5. The number of carbonyl (C=O) groups is 1. The Kier molecular flexibility index (Phi) is 7.74. The molecule has 0 bridgehead atoms. The fraction of sp³-hybridized carbons (Fsp3) is 0.933. The van der Waals surface area contributed by atoms with Gasteiger partial charge in [-0.25, -0.2) is 0 Å². The van der Waals surface area contributed by atoms with E-state index in [9.17, 15) is 4.79 Å². The van der Waals surface area contributed by atoms with Crippen LogP contribution in [0.3, 0.4) is 0 Å². The zero-order chi connectivity index (χ0) is 16.8. The molecule has 5 nitrogen and oxygen atoms in total. The molecule has 1 aliphatic carbocycles. The second kappa shape index (κ2) is 8.58. The van der Waals surface area contributed by atoms with Gasteiger partial charge in [-0.3, -0.25) is 4.79 Å². The first-order chi connectivity index (χ1) is 10.3. The van der Waals surface area contributed by atoms with Crippen LogP contribution in [-0.4, -0.2) is 44.4 Å². The highest BCUT2D eigenvalue weighted by molar-refractivity contribution is 6.74. The van der Waals surface area contributed by atoms with Crippen LogP contribution in [0.1, 0.15) is 39.0 Å². The molecule has 0 radical (unpaired) electrons. The van der Waals surface area contributed by atoms with Crippen LogP contribution in [0.25, 0.3) is 0 Å². The van der Waals surface area contributed by atoms with Crippen LogP contribution in [0.15, 0.2) is 0 Å². The van der Waals surface area contributed by atoms with E-state index in [0.717, 1.165) is 0 Å². The van der Waals surface area contributed by atoms with Crippen LogP contribution in [-0.2, 0) is 22.5 Å². The van der Waals surface area contributed by atoms with Crippen LogP contribution < -0.4 is 0 Å². The Hall–Kier alpha value is -0.216. The van der Waals surface area contributed by atoms with Gasteiger partial charge in [0.05, 0.1) is 5.92 Å². The molecule has 1 aliphatic rings. The average molecular weight is 349 g/mol. The smallest absolute Gasteiger partial charge is 0.501 e. The van der Waals surface area contributed by atoms with Crippen molar-refractivity contribution in [3.63, 3.8) is 0 Å². The van der Waals surface area contributed by atoms with Crippen molar-refractivity contribution < 1.29 is 22.5 Å². The van der Waals surface area contributed by atoms with Crippen molar-refractivity contribution in [1.29, 1.82) is 0 Å². The van der Waals surface area contributed by atoms with Gasteiger partial charge in [-0.15, -0.1) is 0 Å². The summed E-state index contributed by atoms with van der Waals surface area (Å²) in [6.07, 6.45) is 6.25. The molecule has 0 saturated heterocycles. The summed E-state index contributed by atoms with van der Waals surface area (Å²) in [7, 11) is -0.0320. The summed E-state index contributed by atoms with van der Waals surface area (Å²) in [5.74, 6) is -0.410. The molecule has 0 aliphatic heterocycles. The molecule has 0 heterocycles. The lowest BCUT2D eigenvalue weighted by Crippen LogP contribution is -2.47. The predicted octanol–water partition coefficient (Wildman–Crippen LogP) is 3.58. The summed E-state index contributed by atoms with van der Waals surface area (Å²) < 4.78 is 22.2. The molecular weight excluding hydrogens is 316 g/mol. The van der Waals surface area contributed by atoms with E-state index < -0.39 is 17.1 Å². The second-order valence-electron chi connectivity index (χ2n) is 6.76. The Morgan fingerprint density at radius 3 is 2.00 bits per heavy atom. The number of hydrogen-bond donors (Lipinski definition) is 0. The van der Waals surface area contributed by atoms with E-state index in [4.69, 9.17) is 17.7 Å². The topological polar surface area (TPSA) is 54.0 Å². The Morgan fingerprint density at radius 1 is 1.05 bits per heavy atom. The van der Waals surface area contributed by atoms with Crippen molar-refractivity contribution >= 4 is 23.1 Å². The molecule has 1 rings (SSSR count). The largest absolute Gasteiger partial charge is 0.519 e. The van der Waals surface area contributed by atoms with Crippen molar-refractivity contribution in [3.05, 3.63) is 0 Å². The quantitative estimate of drug-likeness (QED) is 0.628. The SMILES string of the molecule is CO[Si](CC(C)C(=O)O[Si](C)(C)C1CCCCC1)(OC)OC. The lowest BCUT2D eigenvalue weighted by molar-refractivity contribution is -0.139. The first-order valence-corrected chi connectivity index (χ1v) is 13.1. The molecule has 22 heavy (non-hydrogen) atoms. The molecule has 1 fully saturated rings. The molecule has 1 unspecified atom stereocenters. The summed E-state index contributed by atoms with van der Waals surface area (Å²) in [6.45, 7) is 6.20. The zero-order valence-electron chi connectivity index (χ0n) is 14.9. The van der Waals surface area contributed by atoms with Crippen LogP contribution >= 0.6 is 0 Å². The van der Waals surface area contributed by atoms with Crippen molar-refractivity contribution in [2.24, 2.45) is 5.92 Å². The van der Waals surface area contributed by atoms with Crippen LogP contribution in [0, 0.1) is 5.92 Å². The van der Waals surface area contributed by atoms with E-state index in [1.54, 1.807) is 21.3 Å². The fourth-order valence-electron chi connectivity index (χ4n) is 3.20. The van der Waals surface area contributed by atoms with Gasteiger partial charge in [0, 0.05) is 27.4 Å². The first-order valence-electron chi connectivity index (χ1n) is 8.18. The molecule has 1 atom stereocenters. The molecule has 7 heteroatoms. The van der Waals surface area contributed by atoms with Gasteiger partial charge >= 0.3 is 8.80 Å². The van der Waals surface area contributed by atoms with Crippen molar-refractivity contribution in [1.82, 2.24) is 0 Å². The lowest BCUT2D eigenvalue weighted by atomic mass is 10.0. The number of carbonyl (C=O) groups excluding carboxylic acids is 1. The summed E-state index contributed by atoms with van der Waals surface area (Å²) in [5.41, 5.74) is 0.590. The minimum Gasteiger partial charge on any atom is -0.519 e. The van der Waals surface area contributed by atoms with Crippen LogP contribution in [0.2, 0.25) is 24.7 Å². The maximum Gasteiger partial charge on any atom is 0.501 e. The Bertz CT molecular complexity index is 344. The van der Waals surface area contributed by atoms with E-state index in [-0.39, 0.29) is 11.9 Å². The third kappa shape index (κ3) is 5.16. The van der Waals surface area contributed by atoms with Crippen molar-refractivity contribution in [2.75, 3.05) is 21.3 Å². The molecule has 1 saturated carbocycles. The summed E-state index contributed by atoms with van der Waals surface area (Å²) >= 11 is 0. The molecule has 0 N–H and O–H groups in total. The summed E-state index contributed by atoms with van der Waals surface area (Å²) in [5, 5.41) is 0. The molecular formula is C15H32O5Si2. The number of rotatable bonds is 8. The van der Waals surface area contributed by atoms with E-state index in [0.29, 0.717) is 11.6 Å². The molecule has 0 spiro atoms. The number of hydrogen-bond acceptors (Lipinski definition) is 5. The van der Waals surface area contributed by atoms with Gasteiger partial charge < -0.3 is 17.7 Å². The molecule has 0 aromatic carbocycles. The third-order valence-electron chi connectivity index (χ3n) is 4.84. The van der Waals surface area contributed by atoms with Gasteiger partial charge in [-0.1, -0.05) is 26.2 Å². The van der Waals surface area contributed by atoms with Gasteiger partial charge in [-0.05, 0) is 31.5 Å². The van der Waals surface area contributed by atoms with Gasteiger partial charge in [0.2, 0.25) is 0 Å². The van der Waals surface area contributed by atoms with E-state index in [2.05, 4.69) is 13.1 Å². The monoisotopic (exact) mass is 348 g/mol. The van der Waals surface area contributed by atoms with Crippen molar-refractivity contribution in [3.8, 4) is 0 Å². The molecule has 0 aromatic heterocycles. The minimum atomic E-state index is -2.74. The average Bonchev–Trinajstić information content (AvgIpc) is 2.53. The van der Waals surface area contributed by atoms with Crippen LogP contribution in [0.4, 0.5) is 0 Å². The molecule has 0 aromatic rings. The second-order valence-corrected chi connectivity index (χ2v) is 14.0. The fourth-order valence-corrected chi connectivity index (χ4v) is 7.80. The highest BCUT2D eigenvalue weighted by atomic mass is 28.4.